The fraction of sp³-hybridized carbons (Fsp3) is 0.750. The molecular formula is C12H21N5O7S. The number of rotatable bonds is 6. The van der Waals surface area contributed by atoms with Gasteiger partial charge in [-0.3, -0.25) is 25.0 Å². The van der Waals surface area contributed by atoms with Crippen molar-refractivity contribution >= 4 is 28.2 Å². The molecule has 2 fully saturated rings. The van der Waals surface area contributed by atoms with Gasteiger partial charge in [-0.25, -0.2) is 4.79 Å². The lowest BCUT2D eigenvalue weighted by molar-refractivity contribution is -0.132. The van der Waals surface area contributed by atoms with Crippen LogP contribution in [0.5, 0.6) is 0 Å². The average molecular weight is 379 g/mol. The van der Waals surface area contributed by atoms with Crippen molar-refractivity contribution in [3.05, 3.63) is 0 Å². The molecule has 2 saturated heterocycles. The fourth-order valence-corrected chi connectivity index (χ4v) is 3.09. The minimum absolute atomic E-state index is 0.0843. The first-order chi connectivity index (χ1) is 11.6. The molecule has 25 heavy (non-hydrogen) atoms. The minimum Gasteiger partial charge on any atom is -0.309 e. The van der Waals surface area contributed by atoms with Crippen molar-refractivity contribution in [2.45, 2.75) is 31.3 Å². The maximum Gasteiger partial charge on any atom is 0.418 e. The third kappa shape index (κ3) is 5.01. The van der Waals surface area contributed by atoms with Crippen LogP contribution in [-0.2, 0) is 24.3 Å². The smallest absolute Gasteiger partial charge is 0.309 e. The Morgan fingerprint density at radius 1 is 1.32 bits per heavy atom. The summed E-state index contributed by atoms with van der Waals surface area (Å²) in [5, 5.41) is 0.554. The lowest BCUT2D eigenvalue weighted by Gasteiger charge is -2.29. The molecule has 2 bridgehead atoms. The van der Waals surface area contributed by atoms with Crippen molar-refractivity contribution in [3.63, 3.8) is 0 Å². The molecule has 0 radical (unpaired) electrons. The van der Waals surface area contributed by atoms with Gasteiger partial charge in [-0.1, -0.05) is 0 Å². The van der Waals surface area contributed by atoms with Gasteiger partial charge in [-0.15, -0.1) is 4.28 Å². The van der Waals surface area contributed by atoms with Gasteiger partial charge in [0.2, 0.25) is 5.91 Å². The number of carbonyl (C=O) groups excluding carboxylic acids is 3. The largest absolute Gasteiger partial charge is 0.418 e. The summed E-state index contributed by atoms with van der Waals surface area (Å²) in [7, 11) is -1.22. The van der Waals surface area contributed by atoms with Gasteiger partial charge < -0.3 is 9.80 Å². The summed E-state index contributed by atoms with van der Waals surface area (Å²) in [5.74, 6) is -0.960. The highest BCUT2D eigenvalue weighted by Crippen LogP contribution is 2.30. The highest BCUT2D eigenvalue weighted by molar-refractivity contribution is 7.80. The number of urea groups is 1. The first-order valence-corrected chi connectivity index (χ1v) is 8.95. The van der Waals surface area contributed by atoms with E-state index >= 15 is 0 Å². The third-order valence-corrected chi connectivity index (χ3v) is 4.26. The van der Waals surface area contributed by atoms with Crippen LogP contribution >= 0.6 is 0 Å². The number of nitrogens with zero attached hydrogens (tertiary/aromatic N) is 3. The van der Waals surface area contributed by atoms with E-state index in [0.29, 0.717) is 18.0 Å². The number of hydroxylamine groups is 2. The second-order valence-electron chi connectivity index (χ2n) is 6.10. The Bertz CT molecular complexity index is 652. The SMILES string of the molecule is CN(C)CCC(=O)NNC(=O)[C@@H]1CCC2CN1C(=O)N2OS(=O)(=O)O. The van der Waals surface area contributed by atoms with E-state index in [1.165, 1.54) is 0 Å². The zero-order valence-electron chi connectivity index (χ0n) is 13.8. The van der Waals surface area contributed by atoms with Crippen LogP contribution < -0.4 is 10.9 Å². The van der Waals surface area contributed by atoms with Crippen LogP contribution in [0.3, 0.4) is 0 Å². The van der Waals surface area contributed by atoms with E-state index in [4.69, 9.17) is 4.55 Å². The Morgan fingerprint density at radius 3 is 2.60 bits per heavy atom. The molecule has 2 aliphatic rings. The van der Waals surface area contributed by atoms with Crippen molar-refractivity contribution in [1.82, 2.24) is 25.7 Å². The molecule has 2 heterocycles. The van der Waals surface area contributed by atoms with Gasteiger partial charge >= 0.3 is 16.4 Å². The molecular weight excluding hydrogens is 358 g/mol. The van der Waals surface area contributed by atoms with Gasteiger partial charge in [0.15, 0.2) is 0 Å². The fourth-order valence-electron chi connectivity index (χ4n) is 2.71. The lowest BCUT2D eigenvalue weighted by atomic mass is 10.0. The molecule has 142 valence electrons. The summed E-state index contributed by atoms with van der Waals surface area (Å²) in [4.78, 5) is 38.9. The van der Waals surface area contributed by atoms with Crippen LogP contribution in [0.1, 0.15) is 19.3 Å². The van der Waals surface area contributed by atoms with Crippen LogP contribution in [0, 0.1) is 0 Å². The maximum absolute atomic E-state index is 12.2. The summed E-state index contributed by atoms with van der Waals surface area (Å²) < 4.78 is 34.6. The monoisotopic (exact) mass is 379 g/mol. The Labute approximate surface area is 144 Å². The van der Waals surface area contributed by atoms with E-state index in [9.17, 15) is 22.8 Å². The quantitative estimate of drug-likeness (QED) is 0.357. The summed E-state index contributed by atoms with van der Waals surface area (Å²) in [5.41, 5.74) is 4.54. The van der Waals surface area contributed by atoms with E-state index in [-0.39, 0.29) is 25.3 Å². The van der Waals surface area contributed by atoms with Crippen LogP contribution in [0.25, 0.3) is 0 Å². The molecule has 12 nitrogen and oxygen atoms in total. The molecule has 4 amide bonds. The minimum atomic E-state index is -4.83. The molecule has 2 aliphatic heterocycles. The van der Waals surface area contributed by atoms with Crippen LogP contribution in [0.4, 0.5) is 4.79 Å². The van der Waals surface area contributed by atoms with E-state index in [1.54, 1.807) is 0 Å². The summed E-state index contributed by atoms with van der Waals surface area (Å²) in [6, 6.07) is -2.28. The first-order valence-electron chi connectivity index (χ1n) is 7.58. The lowest BCUT2D eigenvalue weighted by Crippen LogP contribution is -2.54. The number of hydrazine groups is 1. The van der Waals surface area contributed by atoms with E-state index in [0.717, 1.165) is 4.90 Å². The summed E-state index contributed by atoms with van der Waals surface area (Å²) >= 11 is 0. The number of hydrogen-bond donors (Lipinski definition) is 3. The molecule has 3 N–H and O–H groups in total. The molecule has 2 atom stereocenters. The van der Waals surface area contributed by atoms with Crippen molar-refractivity contribution in [2.24, 2.45) is 0 Å². The number of hydrogen-bond acceptors (Lipinski definition) is 7. The van der Waals surface area contributed by atoms with Crippen LogP contribution in [0.15, 0.2) is 0 Å². The zero-order valence-corrected chi connectivity index (χ0v) is 14.7. The topological polar surface area (TPSA) is 149 Å². The molecule has 0 aromatic heterocycles. The predicted molar refractivity (Wildman–Crippen MR) is 82.8 cm³/mol. The van der Waals surface area contributed by atoms with Gasteiger partial charge in [0.1, 0.15) is 6.04 Å². The number of nitrogens with one attached hydrogen (secondary N) is 2. The molecule has 1 unspecified atom stereocenters. The van der Waals surface area contributed by atoms with Crippen molar-refractivity contribution < 1.29 is 31.6 Å². The Morgan fingerprint density at radius 2 is 2.00 bits per heavy atom. The summed E-state index contributed by atoms with van der Waals surface area (Å²) in [6.07, 6.45) is 0.768. The molecule has 0 aromatic carbocycles. The highest BCUT2D eigenvalue weighted by atomic mass is 32.3. The normalized spacial score (nSPS) is 23.1. The van der Waals surface area contributed by atoms with E-state index in [2.05, 4.69) is 15.1 Å². The van der Waals surface area contributed by atoms with Crippen molar-refractivity contribution in [1.29, 1.82) is 0 Å². The van der Waals surface area contributed by atoms with Crippen LogP contribution in [-0.4, -0.2) is 84.9 Å². The van der Waals surface area contributed by atoms with Gasteiger partial charge in [0.25, 0.3) is 5.91 Å². The molecule has 13 heteroatoms. The summed E-state index contributed by atoms with van der Waals surface area (Å²) in [6.45, 7) is 0.598. The maximum atomic E-state index is 12.2. The Balaban J connectivity index is 1.90. The molecule has 0 aromatic rings. The number of piperidine rings is 1. The molecule has 0 spiro atoms. The molecule has 2 rings (SSSR count). The zero-order chi connectivity index (χ0) is 18.8. The van der Waals surface area contributed by atoms with Crippen molar-refractivity contribution in [2.75, 3.05) is 27.2 Å². The number of amides is 4. The standard InChI is InChI=1S/C12H21N5O7S/c1-15(2)6-5-10(18)13-14-11(19)9-4-3-8-7-16(9)12(20)17(8)24-25(21,22)23/h8-9H,3-7H2,1-2H3,(H,13,18)(H,14,19)(H,21,22,23)/t8?,9-/m0/s1. The second-order valence-corrected chi connectivity index (χ2v) is 7.11. The van der Waals surface area contributed by atoms with Gasteiger partial charge in [-0.05, 0) is 26.9 Å². The number of carbonyl (C=O) groups is 3. The molecule has 0 aliphatic carbocycles. The van der Waals surface area contributed by atoms with Gasteiger partial charge in [0, 0.05) is 19.5 Å². The highest BCUT2D eigenvalue weighted by Gasteiger charge is 2.49. The predicted octanol–water partition coefficient (Wildman–Crippen LogP) is -1.91. The average Bonchev–Trinajstić information content (AvgIpc) is 2.74. The second kappa shape index (κ2) is 7.51. The Kier molecular flexibility index (Phi) is 5.82. The number of fused-ring (bicyclic) bond motifs is 2. The van der Waals surface area contributed by atoms with Crippen LogP contribution in [0.2, 0.25) is 0 Å². The van der Waals surface area contributed by atoms with E-state index < -0.39 is 34.4 Å². The van der Waals surface area contributed by atoms with E-state index in [1.807, 2.05) is 19.0 Å². The molecule has 0 saturated carbocycles. The van der Waals surface area contributed by atoms with Crippen molar-refractivity contribution in [3.8, 4) is 0 Å². The van der Waals surface area contributed by atoms with Gasteiger partial charge in [0.05, 0.1) is 6.04 Å². The van der Waals surface area contributed by atoms with Gasteiger partial charge in [-0.2, -0.15) is 13.5 Å². The first kappa shape index (κ1) is 19.4. The third-order valence-electron chi connectivity index (χ3n) is 3.91. The Hall–Kier alpha value is -1.96.